The summed E-state index contributed by atoms with van der Waals surface area (Å²) >= 11 is 0. The maximum atomic E-state index is 12.5. The maximum Gasteiger partial charge on any atom is 0.255 e. The Morgan fingerprint density at radius 3 is 2.10 bits per heavy atom. The van der Waals surface area contributed by atoms with Gasteiger partial charge in [-0.1, -0.05) is 42.0 Å². The van der Waals surface area contributed by atoms with E-state index in [1.165, 1.54) is 10.6 Å². The van der Waals surface area contributed by atoms with Crippen LogP contribution in [0, 0.1) is 13.8 Å². The minimum absolute atomic E-state index is 0.237. The first-order valence-electron chi connectivity index (χ1n) is 9.24. The number of anilines is 2. The van der Waals surface area contributed by atoms with E-state index in [2.05, 4.69) is 5.32 Å². The lowest BCUT2D eigenvalue weighted by Crippen LogP contribution is -2.29. The molecule has 150 valence electrons. The van der Waals surface area contributed by atoms with Gasteiger partial charge in [-0.15, -0.1) is 0 Å². The molecule has 0 heterocycles. The first-order chi connectivity index (χ1) is 13.7. The Hall–Kier alpha value is -3.12. The van der Waals surface area contributed by atoms with E-state index < -0.39 is 10.0 Å². The van der Waals surface area contributed by atoms with E-state index in [-0.39, 0.29) is 12.5 Å². The third-order valence-electron chi connectivity index (χ3n) is 4.70. The average Bonchev–Trinajstić information content (AvgIpc) is 2.68. The number of carbonyl (C=O) groups excluding carboxylic acids is 1. The highest BCUT2D eigenvalue weighted by molar-refractivity contribution is 7.92. The van der Waals surface area contributed by atoms with Gasteiger partial charge in [0.1, 0.15) is 0 Å². The maximum absolute atomic E-state index is 12.5. The summed E-state index contributed by atoms with van der Waals surface area (Å²) in [6, 6.07) is 21.8. The first kappa shape index (κ1) is 20.6. The minimum atomic E-state index is -3.49. The molecule has 0 bridgehead atoms. The number of hydrogen-bond donors (Lipinski definition) is 1. The molecule has 0 aliphatic carbocycles. The molecule has 3 aromatic carbocycles. The number of aryl methyl sites for hydroxylation is 2. The highest BCUT2D eigenvalue weighted by Gasteiger charge is 2.19. The standard InChI is InChI=1S/C23H24N2O3S/c1-17-8-12-21(13-9-17)24-23(26)19-10-14-22(15-11-19)25(29(3,27)28)16-20-7-5-4-6-18(20)2/h4-15H,16H2,1-3H3,(H,24,26). The monoisotopic (exact) mass is 408 g/mol. The van der Waals surface area contributed by atoms with Gasteiger partial charge in [-0.3, -0.25) is 9.10 Å². The van der Waals surface area contributed by atoms with Crippen LogP contribution in [0.5, 0.6) is 0 Å². The predicted molar refractivity (Wildman–Crippen MR) is 118 cm³/mol. The van der Waals surface area contributed by atoms with Gasteiger partial charge in [-0.25, -0.2) is 8.42 Å². The molecule has 0 saturated carbocycles. The summed E-state index contributed by atoms with van der Waals surface area (Å²) in [7, 11) is -3.49. The fourth-order valence-electron chi connectivity index (χ4n) is 2.96. The van der Waals surface area contributed by atoms with Gasteiger partial charge in [-0.2, -0.15) is 0 Å². The topological polar surface area (TPSA) is 66.5 Å². The van der Waals surface area contributed by atoms with Crippen molar-refractivity contribution in [2.45, 2.75) is 20.4 Å². The quantitative estimate of drug-likeness (QED) is 0.652. The molecule has 3 rings (SSSR count). The Morgan fingerprint density at radius 2 is 1.52 bits per heavy atom. The Balaban J connectivity index is 1.81. The van der Waals surface area contributed by atoms with Crippen molar-refractivity contribution < 1.29 is 13.2 Å². The van der Waals surface area contributed by atoms with Gasteiger partial charge in [0.2, 0.25) is 10.0 Å². The number of nitrogens with zero attached hydrogens (tertiary/aromatic N) is 1. The summed E-state index contributed by atoms with van der Waals surface area (Å²) in [5, 5.41) is 2.84. The summed E-state index contributed by atoms with van der Waals surface area (Å²) in [4.78, 5) is 12.5. The second-order valence-corrected chi connectivity index (χ2v) is 8.97. The highest BCUT2D eigenvalue weighted by Crippen LogP contribution is 2.23. The van der Waals surface area contributed by atoms with Crippen molar-refractivity contribution in [3.8, 4) is 0 Å². The Bertz CT molecular complexity index is 1110. The van der Waals surface area contributed by atoms with Crippen LogP contribution < -0.4 is 9.62 Å². The van der Waals surface area contributed by atoms with Crippen LogP contribution in [0.1, 0.15) is 27.0 Å². The van der Waals surface area contributed by atoms with Gasteiger partial charge >= 0.3 is 0 Å². The van der Waals surface area contributed by atoms with Crippen LogP contribution in [-0.4, -0.2) is 20.6 Å². The van der Waals surface area contributed by atoms with Crippen molar-refractivity contribution in [3.63, 3.8) is 0 Å². The van der Waals surface area contributed by atoms with E-state index in [0.717, 1.165) is 16.7 Å². The molecule has 0 aliphatic rings. The summed E-state index contributed by atoms with van der Waals surface area (Å²) in [6.07, 6.45) is 1.18. The molecule has 0 aromatic heterocycles. The number of carbonyl (C=O) groups is 1. The van der Waals surface area contributed by atoms with Crippen LogP contribution in [0.3, 0.4) is 0 Å². The van der Waals surface area contributed by atoms with Crippen molar-refractivity contribution in [3.05, 3.63) is 95.1 Å². The molecule has 6 heteroatoms. The summed E-state index contributed by atoms with van der Waals surface area (Å²) in [5.74, 6) is -0.245. The van der Waals surface area contributed by atoms with Crippen LogP contribution in [-0.2, 0) is 16.6 Å². The number of rotatable bonds is 6. The van der Waals surface area contributed by atoms with Gasteiger partial charge in [0.25, 0.3) is 5.91 Å². The fourth-order valence-corrected chi connectivity index (χ4v) is 3.84. The second-order valence-electron chi connectivity index (χ2n) is 7.06. The van der Waals surface area contributed by atoms with Gasteiger partial charge in [-0.05, 0) is 61.4 Å². The molecule has 3 aromatic rings. The molecule has 0 spiro atoms. The van der Waals surface area contributed by atoms with E-state index in [9.17, 15) is 13.2 Å². The highest BCUT2D eigenvalue weighted by atomic mass is 32.2. The summed E-state index contributed by atoms with van der Waals surface area (Å²) < 4.78 is 26.1. The molecular weight excluding hydrogens is 384 g/mol. The fraction of sp³-hybridized carbons (Fsp3) is 0.174. The van der Waals surface area contributed by atoms with Crippen molar-refractivity contribution in [2.24, 2.45) is 0 Å². The zero-order valence-corrected chi connectivity index (χ0v) is 17.5. The third-order valence-corrected chi connectivity index (χ3v) is 5.84. The average molecular weight is 409 g/mol. The van der Waals surface area contributed by atoms with Crippen LogP contribution >= 0.6 is 0 Å². The molecule has 0 atom stereocenters. The lowest BCUT2D eigenvalue weighted by molar-refractivity contribution is 0.102. The molecule has 29 heavy (non-hydrogen) atoms. The third kappa shape index (κ3) is 5.23. The molecule has 1 N–H and O–H groups in total. The Labute approximate surface area is 172 Å². The van der Waals surface area contributed by atoms with Gasteiger partial charge < -0.3 is 5.32 Å². The Morgan fingerprint density at radius 1 is 0.897 bits per heavy atom. The second kappa shape index (κ2) is 8.49. The van der Waals surface area contributed by atoms with Crippen molar-refractivity contribution in [1.29, 1.82) is 0 Å². The number of benzene rings is 3. The van der Waals surface area contributed by atoms with Crippen LogP contribution in [0.2, 0.25) is 0 Å². The lowest BCUT2D eigenvalue weighted by Gasteiger charge is -2.23. The predicted octanol–water partition coefficient (Wildman–Crippen LogP) is 4.52. The number of amides is 1. The minimum Gasteiger partial charge on any atom is -0.322 e. The normalized spacial score (nSPS) is 11.1. The van der Waals surface area contributed by atoms with Crippen molar-refractivity contribution in [2.75, 3.05) is 15.9 Å². The first-order valence-corrected chi connectivity index (χ1v) is 11.1. The zero-order chi connectivity index (χ0) is 21.0. The SMILES string of the molecule is Cc1ccc(NC(=O)c2ccc(N(Cc3ccccc3C)S(C)(=O)=O)cc2)cc1. The van der Waals surface area contributed by atoms with Crippen molar-refractivity contribution >= 4 is 27.3 Å². The summed E-state index contributed by atoms with van der Waals surface area (Å²) in [6.45, 7) is 4.17. The molecule has 0 aliphatic heterocycles. The van der Waals surface area contributed by atoms with E-state index in [4.69, 9.17) is 0 Å². The molecule has 0 fully saturated rings. The largest absolute Gasteiger partial charge is 0.322 e. The zero-order valence-electron chi connectivity index (χ0n) is 16.7. The molecular formula is C23H24N2O3S. The molecule has 5 nitrogen and oxygen atoms in total. The van der Waals surface area contributed by atoms with Crippen molar-refractivity contribution in [1.82, 2.24) is 0 Å². The van der Waals surface area contributed by atoms with E-state index in [1.807, 2.05) is 62.4 Å². The van der Waals surface area contributed by atoms with Gasteiger partial charge in [0, 0.05) is 11.3 Å². The molecule has 0 unspecified atom stereocenters. The van der Waals surface area contributed by atoms with E-state index >= 15 is 0 Å². The van der Waals surface area contributed by atoms with E-state index in [0.29, 0.717) is 16.9 Å². The number of hydrogen-bond acceptors (Lipinski definition) is 3. The van der Waals surface area contributed by atoms with Crippen LogP contribution in [0.15, 0.2) is 72.8 Å². The number of sulfonamides is 1. The summed E-state index contributed by atoms with van der Waals surface area (Å²) in [5.41, 5.74) is 4.75. The van der Waals surface area contributed by atoms with Crippen LogP contribution in [0.4, 0.5) is 11.4 Å². The van der Waals surface area contributed by atoms with Crippen LogP contribution in [0.25, 0.3) is 0 Å². The van der Waals surface area contributed by atoms with E-state index in [1.54, 1.807) is 24.3 Å². The molecule has 0 radical (unpaired) electrons. The lowest BCUT2D eigenvalue weighted by atomic mass is 10.1. The molecule has 0 saturated heterocycles. The van der Waals surface area contributed by atoms with Gasteiger partial charge in [0.05, 0.1) is 18.5 Å². The smallest absolute Gasteiger partial charge is 0.255 e. The Kier molecular flexibility index (Phi) is 6.03. The van der Waals surface area contributed by atoms with Gasteiger partial charge in [0.15, 0.2) is 0 Å². The number of nitrogens with one attached hydrogen (secondary N) is 1. The molecule has 1 amide bonds.